The lowest BCUT2D eigenvalue weighted by molar-refractivity contribution is -0.134. The number of rotatable bonds is 4. The normalized spacial score (nSPS) is 15.7. The zero-order chi connectivity index (χ0) is 16.2. The van der Waals surface area contributed by atoms with Crippen LogP contribution in [0.3, 0.4) is 0 Å². The second-order valence-electron chi connectivity index (χ2n) is 7.05. The number of carbonyl (C=O) groups excluding carboxylic acids is 1. The van der Waals surface area contributed by atoms with E-state index in [1.54, 1.807) is 0 Å². The summed E-state index contributed by atoms with van der Waals surface area (Å²) < 4.78 is 5.64. The van der Waals surface area contributed by atoms with Crippen molar-refractivity contribution in [1.82, 2.24) is 10.2 Å². The highest BCUT2D eigenvalue weighted by atomic mass is 35.5. The largest absolute Gasteiger partial charge is 0.484 e. The molecule has 0 unspecified atom stereocenters. The molecular weight excluding hydrogens is 312 g/mol. The number of likely N-dealkylation sites (N-methyl/N-ethyl adjacent to an activating group) is 1. The molecule has 0 aliphatic carbocycles. The Labute approximate surface area is 146 Å². The molecule has 1 heterocycles. The summed E-state index contributed by atoms with van der Waals surface area (Å²) in [5.74, 6) is 0.798. The highest BCUT2D eigenvalue weighted by Crippen LogP contribution is 2.24. The predicted octanol–water partition coefficient (Wildman–Crippen LogP) is 3.00. The van der Waals surface area contributed by atoms with E-state index in [2.05, 4.69) is 38.2 Å². The van der Waals surface area contributed by atoms with Gasteiger partial charge >= 0.3 is 0 Å². The molecule has 4 nitrogen and oxygen atoms in total. The fourth-order valence-electron chi connectivity index (χ4n) is 2.70. The van der Waals surface area contributed by atoms with Crippen LogP contribution in [-0.2, 0) is 10.2 Å². The van der Waals surface area contributed by atoms with E-state index < -0.39 is 0 Å². The molecule has 0 radical (unpaired) electrons. The summed E-state index contributed by atoms with van der Waals surface area (Å²) in [5, 5.41) is 3.31. The molecule has 0 aromatic heterocycles. The predicted molar refractivity (Wildman–Crippen MR) is 96.5 cm³/mol. The van der Waals surface area contributed by atoms with E-state index in [9.17, 15) is 4.79 Å². The highest BCUT2D eigenvalue weighted by Gasteiger charge is 2.22. The van der Waals surface area contributed by atoms with Crippen molar-refractivity contribution in [3.05, 3.63) is 29.8 Å². The van der Waals surface area contributed by atoms with Gasteiger partial charge in [-0.25, -0.2) is 0 Å². The molecule has 0 atom stereocenters. The van der Waals surface area contributed by atoms with Crippen LogP contribution in [0.15, 0.2) is 24.3 Å². The molecule has 2 rings (SSSR count). The second kappa shape index (κ2) is 8.55. The first-order valence-electron chi connectivity index (χ1n) is 8.07. The average molecular weight is 341 g/mol. The summed E-state index contributed by atoms with van der Waals surface area (Å²) in [5.41, 5.74) is 1.39. The molecule has 1 aromatic rings. The monoisotopic (exact) mass is 340 g/mol. The zero-order valence-electron chi connectivity index (χ0n) is 14.6. The molecule has 23 heavy (non-hydrogen) atoms. The van der Waals surface area contributed by atoms with Crippen molar-refractivity contribution in [1.29, 1.82) is 0 Å². The number of hydrogen-bond donors (Lipinski definition) is 1. The number of halogens is 1. The van der Waals surface area contributed by atoms with Crippen molar-refractivity contribution in [3.63, 3.8) is 0 Å². The van der Waals surface area contributed by atoms with Gasteiger partial charge in [0.25, 0.3) is 5.91 Å². The number of hydrogen-bond acceptors (Lipinski definition) is 3. The van der Waals surface area contributed by atoms with E-state index in [1.807, 2.05) is 24.1 Å². The Hall–Kier alpha value is -1.26. The molecule has 1 fully saturated rings. The third-order valence-electron chi connectivity index (χ3n) is 4.33. The first kappa shape index (κ1) is 19.8. The number of piperidine rings is 1. The van der Waals surface area contributed by atoms with Gasteiger partial charge in [-0.15, -0.1) is 12.4 Å². The van der Waals surface area contributed by atoms with Crippen molar-refractivity contribution in [3.8, 4) is 5.75 Å². The Morgan fingerprint density at radius 1 is 1.22 bits per heavy atom. The number of nitrogens with one attached hydrogen (secondary N) is 1. The SMILES string of the molecule is CN(C(=O)COc1ccc(C(C)(C)C)cc1)C1CCNCC1.Cl. The fraction of sp³-hybridized carbons (Fsp3) is 0.611. The van der Waals surface area contributed by atoms with Crippen molar-refractivity contribution in [2.75, 3.05) is 26.7 Å². The molecule has 1 aliphatic rings. The van der Waals surface area contributed by atoms with E-state index in [0.29, 0.717) is 6.04 Å². The van der Waals surface area contributed by atoms with Crippen molar-refractivity contribution >= 4 is 18.3 Å². The Morgan fingerprint density at radius 3 is 2.30 bits per heavy atom. The maximum atomic E-state index is 12.2. The van der Waals surface area contributed by atoms with Crippen LogP contribution in [-0.4, -0.2) is 43.6 Å². The van der Waals surface area contributed by atoms with Gasteiger partial charge in [-0.1, -0.05) is 32.9 Å². The minimum Gasteiger partial charge on any atom is -0.484 e. The summed E-state index contributed by atoms with van der Waals surface area (Å²) in [6, 6.07) is 8.35. The zero-order valence-corrected chi connectivity index (χ0v) is 15.4. The van der Waals surface area contributed by atoms with Crippen LogP contribution in [0.4, 0.5) is 0 Å². The molecule has 5 heteroatoms. The lowest BCUT2D eigenvalue weighted by Crippen LogP contribution is -2.45. The van der Waals surface area contributed by atoms with Crippen LogP contribution in [0, 0.1) is 0 Å². The number of carbonyl (C=O) groups is 1. The molecule has 1 aromatic carbocycles. The van der Waals surface area contributed by atoms with Crippen LogP contribution in [0.25, 0.3) is 0 Å². The molecule has 0 spiro atoms. The smallest absolute Gasteiger partial charge is 0.260 e. The Morgan fingerprint density at radius 2 is 1.78 bits per heavy atom. The van der Waals surface area contributed by atoms with E-state index in [0.717, 1.165) is 31.7 Å². The van der Waals surface area contributed by atoms with E-state index >= 15 is 0 Å². The van der Waals surface area contributed by atoms with Crippen LogP contribution in [0.1, 0.15) is 39.2 Å². The maximum absolute atomic E-state index is 12.2. The van der Waals surface area contributed by atoms with Gasteiger partial charge in [0, 0.05) is 13.1 Å². The summed E-state index contributed by atoms with van der Waals surface area (Å²) in [7, 11) is 1.88. The van der Waals surface area contributed by atoms with Gasteiger partial charge in [0.05, 0.1) is 0 Å². The van der Waals surface area contributed by atoms with Gasteiger partial charge in [0.2, 0.25) is 0 Å². The Bertz CT molecular complexity index is 491. The van der Waals surface area contributed by atoms with Gasteiger partial charge in [0.15, 0.2) is 6.61 Å². The van der Waals surface area contributed by atoms with E-state index in [1.165, 1.54) is 5.56 Å². The third-order valence-corrected chi connectivity index (χ3v) is 4.33. The minimum absolute atomic E-state index is 0. The maximum Gasteiger partial charge on any atom is 0.260 e. The second-order valence-corrected chi connectivity index (χ2v) is 7.05. The summed E-state index contributed by atoms with van der Waals surface area (Å²) >= 11 is 0. The molecule has 1 saturated heterocycles. The molecule has 1 N–H and O–H groups in total. The minimum atomic E-state index is 0. The van der Waals surface area contributed by atoms with Gasteiger partial charge in [0.1, 0.15) is 5.75 Å². The summed E-state index contributed by atoms with van der Waals surface area (Å²) in [6.45, 7) is 8.62. The Balaban J connectivity index is 0.00000264. The summed E-state index contributed by atoms with van der Waals surface area (Å²) in [6.07, 6.45) is 2.03. The molecule has 1 amide bonds. The first-order valence-corrected chi connectivity index (χ1v) is 8.07. The lowest BCUT2D eigenvalue weighted by Gasteiger charge is -2.31. The molecule has 1 aliphatic heterocycles. The molecule has 130 valence electrons. The third kappa shape index (κ3) is 5.70. The fourth-order valence-corrected chi connectivity index (χ4v) is 2.70. The Kier molecular flexibility index (Phi) is 7.36. The van der Waals surface area contributed by atoms with Crippen molar-refractivity contribution in [2.24, 2.45) is 0 Å². The molecule has 0 saturated carbocycles. The highest BCUT2D eigenvalue weighted by molar-refractivity contribution is 5.85. The standard InChI is InChI=1S/C18H28N2O2.ClH/c1-18(2,3)14-5-7-16(8-6-14)22-13-17(21)20(4)15-9-11-19-12-10-15;/h5-8,15,19H,9-13H2,1-4H3;1H. The van der Waals surface area contributed by atoms with E-state index in [-0.39, 0.29) is 30.3 Å². The van der Waals surface area contributed by atoms with Gasteiger partial charge in [-0.2, -0.15) is 0 Å². The van der Waals surface area contributed by atoms with Crippen LogP contribution < -0.4 is 10.1 Å². The summed E-state index contributed by atoms with van der Waals surface area (Å²) in [4.78, 5) is 14.1. The molecule has 0 bridgehead atoms. The average Bonchev–Trinajstić information content (AvgIpc) is 2.52. The van der Waals surface area contributed by atoms with E-state index in [4.69, 9.17) is 4.74 Å². The van der Waals surface area contributed by atoms with Gasteiger partial charge < -0.3 is 15.0 Å². The van der Waals surface area contributed by atoms with Gasteiger partial charge in [-0.05, 0) is 49.0 Å². The molecular formula is C18H29ClN2O2. The van der Waals surface area contributed by atoms with Crippen LogP contribution >= 0.6 is 12.4 Å². The van der Waals surface area contributed by atoms with Gasteiger partial charge in [-0.3, -0.25) is 4.79 Å². The van der Waals surface area contributed by atoms with Crippen LogP contribution in [0.5, 0.6) is 5.75 Å². The topological polar surface area (TPSA) is 41.6 Å². The van der Waals surface area contributed by atoms with Crippen molar-refractivity contribution in [2.45, 2.75) is 45.1 Å². The lowest BCUT2D eigenvalue weighted by atomic mass is 9.87. The number of ether oxygens (including phenoxy) is 1. The number of nitrogens with zero attached hydrogens (tertiary/aromatic N) is 1. The number of benzene rings is 1. The number of amides is 1. The first-order chi connectivity index (χ1) is 10.4. The van der Waals surface area contributed by atoms with Crippen LogP contribution in [0.2, 0.25) is 0 Å². The quantitative estimate of drug-likeness (QED) is 0.916. The van der Waals surface area contributed by atoms with Crippen molar-refractivity contribution < 1.29 is 9.53 Å².